The number of halogens is 1. The lowest BCUT2D eigenvalue weighted by molar-refractivity contribution is -0.136. The predicted molar refractivity (Wildman–Crippen MR) is 70.5 cm³/mol. The van der Waals surface area contributed by atoms with E-state index in [2.05, 4.69) is 15.9 Å². The molecule has 0 unspecified atom stereocenters. The Bertz CT molecular complexity index is 451. The smallest absolute Gasteiger partial charge is 0.260 e. The fourth-order valence-electron chi connectivity index (χ4n) is 1.80. The molecule has 0 saturated carbocycles. The number of hydrogen-bond acceptors (Lipinski definition) is 3. The first-order valence-electron chi connectivity index (χ1n) is 5.83. The molecule has 0 aliphatic carbocycles. The number of benzene rings is 1. The molecule has 1 aromatic rings. The summed E-state index contributed by atoms with van der Waals surface area (Å²) >= 11 is 3.34. The molecule has 1 saturated heterocycles. The van der Waals surface area contributed by atoms with Gasteiger partial charge in [-0.15, -0.1) is 0 Å². The Morgan fingerprint density at radius 3 is 2.72 bits per heavy atom. The highest BCUT2D eigenvalue weighted by Crippen LogP contribution is 2.17. The molecule has 96 valence electrons. The molecule has 4 nitrogen and oxygen atoms in total. The van der Waals surface area contributed by atoms with Crippen molar-refractivity contribution in [1.29, 1.82) is 0 Å². The number of ketones is 1. The predicted octanol–water partition coefficient (Wildman–Crippen LogP) is 2.02. The molecule has 0 N–H and O–H groups in total. The summed E-state index contributed by atoms with van der Waals surface area (Å²) in [6.07, 6.45) is 0.922. The molecule has 18 heavy (non-hydrogen) atoms. The third-order valence-corrected chi connectivity index (χ3v) is 3.33. The molecule has 0 aromatic heterocycles. The maximum absolute atomic E-state index is 11.8. The van der Waals surface area contributed by atoms with Gasteiger partial charge < -0.3 is 9.64 Å². The minimum Gasteiger partial charge on any atom is -0.484 e. The standard InChI is InChI=1S/C13H14BrNO3/c14-10-2-1-3-12(8-10)18-9-13(17)15-6-4-11(16)5-7-15/h1-3,8H,4-7,9H2. The number of piperidine rings is 1. The summed E-state index contributed by atoms with van der Waals surface area (Å²) in [6, 6.07) is 7.36. The molecule has 5 heteroatoms. The highest BCUT2D eigenvalue weighted by molar-refractivity contribution is 9.10. The van der Waals surface area contributed by atoms with Crippen LogP contribution in [-0.4, -0.2) is 36.3 Å². The van der Waals surface area contributed by atoms with Crippen LogP contribution in [0.4, 0.5) is 0 Å². The van der Waals surface area contributed by atoms with Crippen molar-refractivity contribution >= 4 is 27.6 Å². The van der Waals surface area contributed by atoms with Crippen LogP contribution in [0.3, 0.4) is 0 Å². The second-order valence-corrected chi connectivity index (χ2v) is 5.08. The van der Waals surface area contributed by atoms with Crippen molar-refractivity contribution in [2.75, 3.05) is 19.7 Å². The van der Waals surface area contributed by atoms with Gasteiger partial charge in [-0.3, -0.25) is 9.59 Å². The van der Waals surface area contributed by atoms with Gasteiger partial charge in [0.2, 0.25) is 0 Å². The molecule has 0 bridgehead atoms. The lowest BCUT2D eigenvalue weighted by atomic mass is 10.1. The number of hydrogen-bond donors (Lipinski definition) is 0. The minimum absolute atomic E-state index is 0.0185. The van der Waals surface area contributed by atoms with Gasteiger partial charge in [0.05, 0.1) is 0 Å². The Kier molecular flexibility index (Phi) is 4.36. The van der Waals surface area contributed by atoms with E-state index in [0.29, 0.717) is 31.7 Å². The number of amides is 1. The van der Waals surface area contributed by atoms with E-state index < -0.39 is 0 Å². The number of carbonyl (C=O) groups excluding carboxylic acids is 2. The lowest BCUT2D eigenvalue weighted by Crippen LogP contribution is -2.41. The van der Waals surface area contributed by atoms with E-state index in [0.717, 1.165) is 4.47 Å². The van der Waals surface area contributed by atoms with E-state index >= 15 is 0 Å². The zero-order chi connectivity index (χ0) is 13.0. The molecule has 0 radical (unpaired) electrons. The van der Waals surface area contributed by atoms with E-state index in [1.54, 1.807) is 11.0 Å². The summed E-state index contributed by atoms with van der Waals surface area (Å²) in [5, 5.41) is 0. The quantitative estimate of drug-likeness (QED) is 0.858. The monoisotopic (exact) mass is 311 g/mol. The molecular formula is C13H14BrNO3. The van der Waals surface area contributed by atoms with Crippen LogP contribution in [0.25, 0.3) is 0 Å². The normalized spacial score (nSPS) is 15.6. The van der Waals surface area contributed by atoms with Crippen LogP contribution >= 0.6 is 15.9 Å². The Balaban J connectivity index is 1.83. The van der Waals surface area contributed by atoms with Gasteiger partial charge in [0, 0.05) is 30.4 Å². The van der Waals surface area contributed by atoms with Crippen molar-refractivity contribution in [1.82, 2.24) is 4.90 Å². The zero-order valence-electron chi connectivity index (χ0n) is 9.89. The van der Waals surface area contributed by atoms with Gasteiger partial charge in [-0.05, 0) is 18.2 Å². The number of ether oxygens (including phenoxy) is 1. The topological polar surface area (TPSA) is 46.6 Å². The average Bonchev–Trinajstić information content (AvgIpc) is 2.37. The van der Waals surface area contributed by atoms with E-state index in [-0.39, 0.29) is 18.3 Å². The van der Waals surface area contributed by atoms with E-state index in [9.17, 15) is 9.59 Å². The molecule has 2 rings (SSSR count). The van der Waals surface area contributed by atoms with Gasteiger partial charge in [-0.2, -0.15) is 0 Å². The molecule has 1 heterocycles. The highest BCUT2D eigenvalue weighted by atomic mass is 79.9. The first-order valence-corrected chi connectivity index (χ1v) is 6.62. The zero-order valence-corrected chi connectivity index (χ0v) is 11.5. The number of Topliss-reactive ketones (excluding diaryl/α,β-unsaturated/α-hetero) is 1. The van der Waals surface area contributed by atoms with Gasteiger partial charge in [0.15, 0.2) is 6.61 Å². The number of likely N-dealkylation sites (tertiary alicyclic amines) is 1. The summed E-state index contributed by atoms with van der Waals surface area (Å²) in [5.74, 6) is 0.820. The average molecular weight is 312 g/mol. The first-order chi connectivity index (χ1) is 8.65. The van der Waals surface area contributed by atoms with Crippen LogP contribution in [0.5, 0.6) is 5.75 Å². The van der Waals surface area contributed by atoms with Crippen molar-refractivity contribution in [3.05, 3.63) is 28.7 Å². The van der Waals surface area contributed by atoms with Crippen LogP contribution in [-0.2, 0) is 9.59 Å². The number of nitrogens with zero attached hydrogens (tertiary/aromatic N) is 1. The Labute approximate surface area is 114 Å². The number of carbonyl (C=O) groups is 2. The van der Waals surface area contributed by atoms with E-state index in [1.165, 1.54) is 0 Å². The summed E-state index contributed by atoms with van der Waals surface area (Å²) in [6.45, 7) is 1.05. The summed E-state index contributed by atoms with van der Waals surface area (Å²) in [5.41, 5.74) is 0. The molecular weight excluding hydrogens is 298 g/mol. The largest absolute Gasteiger partial charge is 0.484 e. The fourth-order valence-corrected chi connectivity index (χ4v) is 2.18. The van der Waals surface area contributed by atoms with Crippen molar-refractivity contribution in [3.63, 3.8) is 0 Å². The van der Waals surface area contributed by atoms with Gasteiger partial charge in [-0.25, -0.2) is 0 Å². The third-order valence-electron chi connectivity index (χ3n) is 2.83. The minimum atomic E-state index is -0.0672. The van der Waals surface area contributed by atoms with Crippen LogP contribution in [0.15, 0.2) is 28.7 Å². The molecule has 1 aliphatic heterocycles. The Hall–Kier alpha value is -1.36. The molecule has 1 amide bonds. The first kappa shape index (κ1) is 13.1. The molecule has 1 aliphatic rings. The summed E-state index contributed by atoms with van der Waals surface area (Å²) < 4.78 is 6.34. The SMILES string of the molecule is O=C1CCN(C(=O)COc2cccc(Br)c2)CC1. The molecule has 1 aromatic carbocycles. The Morgan fingerprint density at radius 2 is 2.06 bits per heavy atom. The Morgan fingerprint density at radius 1 is 1.33 bits per heavy atom. The van der Waals surface area contributed by atoms with Crippen molar-refractivity contribution in [2.45, 2.75) is 12.8 Å². The van der Waals surface area contributed by atoms with Crippen molar-refractivity contribution < 1.29 is 14.3 Å². The van der Waals surface area contributed by atoms with E-state index in [1.807, 2.05) is 18.2 Å². The van der Waals surface area contributed by atoms with Gasteiger partial charge >= 0.3 is 0 Å². The van der Waals surface area contributed by atoms with E-state index in [4.69, 9.17) is 4.74 Å². The van der Waals surface area contributed by atoms with Crippen molar-refractivity contribution in [2.24, 2.45) is 0 Å². The highest BCUT2D eigenvalue weighted by Gasteiger charge is 2.20. The third kappa shape index (κ3) is 3.57. The maximum Gasteiger partial charge on any atom is 0.260 e. The number of rotatable bonds is 3. The van der Waals surface area contributed by atoms with Crippen LogP contribution in [0.1, 0.15) is 12.8 Å². The van der Waals surface area contributed by atoms with Gasteiger partial charge in [-0.1, -0.05) is 22.0 Å². The van der Waals surface area contributed by atoms with Gasteiger partial charge in [0.1, 0.15) is 11.5 Å². The maximum atomic E-state index is 11.8. The van der Waals surface area contributed by atoms with Crippen LogP contribution < -0.4 is 4.74 Å². The molecule has 1 fully saturated rings. The lowest BCUT2D eigenvalue weighted by Gasteiger charge is -2.25. The second-order valence-electron chi connectivity index (χ2n) is 4.17. The van der Waals surface area contributed by atoms with Gasteiger partial charge in [0.25, 0.3) is 5.91 Å². The fraction of sp³-hybridized carbons (Fsp3) is 0.385. The van der Waals surface area contributed by atoms with Crippen LogP contribution in [0.2, 0.25) is 0 Å². The second kappa shape index (κ2) is 6.00. The van der Waals surface area contributed by atoms with Crippen LogP contribution in [0, 0.1) is 0 Å². The van der Waals surface area contributed by atoms with Crippen molar-refractivity contribution in [3.8, 4) is 5.75 Å². The molecule has 0 atom stereocenters. The summed E-state index contributed by atoms with van der Waals surface area (Å²) in [4.78, 5) is 24.6. The molecule has 0 spiro atoms. The summed E-state index contributed by atoms with van der Waals surface area (Å²) in [7, 11) is 0.